The smallest absolute Gasteiger partial charge is 0.132 e. The zero-order chi connectivity index (χ0) is 13.1. The van der Waals surface area contributed by atoms with Crippen LogP contribution in [0.15, 0.2) is 40.9 Å². The van der Waals surface area contributed by atoms with Gasteiger partial charge in [0.15, 0.2) is 0 Å². The van der Waals surface area contributed by atoms with E-state index in [1.807, 2.05) is 43.3 Å². The molecule has 2 aromatic rings. The van der Waals surface area contributed by atoms with Gasteiger partial charge in [-0.05, 0) is 36.8 Å². The van der Waals surface area contributed by atoms with Gasteiger partial charge < -0.3 is 4.74 Å². The Morgan fingerprint density at radius 1 is 1.11 bits per heavy atom. The highest BCUT2D eigenvalue weighted by Crippen LogP contribution is 2.32. The fourth-order valence-electron chi connectivity index (χ4n) is 1.54. The van der Waals surface area contributed by atoms with Crippen molar-refractivity contribution in [3.63, 3.8) is 0 Å². The Hall–Kier alpha value is -0.510. The Kier molecular flexibility index (Phi) is 4.71. The third-order valence-corrected chi connectivity index (χ3v) is 3.88. The van der Waals surface area contributed by atoms with Gasteiger partial charge >= 0.3 is 0 Å². The van der Waals surface area contributed by atoms with Crippen LogP contribution in [0.2, 0.25) is 5.02 Å². The molecule has 0 bridgehead atoms. The van der Waals surface area contributed by atoms with Crippen molar-refractivity contribution in [2.45, 2.75) is 12.3 Å². The van der Waals surface area contributed by atoms with Gasteiger partial charge in [0.25, 0.3) is 0 Å². The van der Waals surface area contributed by atoms with Crippen molar-refractivity contribution in [3.8, 4) is 11.5 Å². The molecular weight excluding hydrogens is 379 g/mol. The number of benzene rings is 2. The summed E-state index contributed by atoms with van der Waals surface area (Å²) < 4.78 is 6.94. The second-order valence-electron chi connectivity index (χ2n) is 3.90. The molecule has 2 rings (SSSR count). The van der Waals surface area contributed by atoms with Crippen LogP contribution < -0.4 is 4.74 Å². The Balaban J connectivity index is 2.38. The molecular formula is C14H11Br2ClO. The average molecular weight is 391 g/mol. The molecule has 0 fully saturated rings. The molecule has 0 aliphatic rings. The second kappa shape index (κ2) is 6.09. The molecule has 0 saturated heterocycles. The van der Waals surface area contributed by atoms with Crippen molar-refractivity contribution in [1.82, 2.24) is 0 Å². The number of ether oxygens (including phenoxy) is 1. The van der Waals surface area contributed by atoms with Crippen LogP contribution in [0, 0.1) is 6.92 Å². The maximum Gasteiger partial charge on any atom is 0.132 e. The van der Waals surface area contributed by atoms with E-state index in [0.717, 1.165) is 32.4 Å². The molecule has 0 saturated carbocycles. The Morgan fingerprint density at radius 2 is 1.89 bits per heavy atom. The number of alkyl halides is 1. The van der Waals surface area contributed by atoms with Crippen molar-refractivity contribution in [3.05, 3.63) is 57.0 Å². The molecule has 4 heteroatoms. The van der Waals surface area contributed by atoms with Crippen molar-refractivity contribution in [2.24, 2.45) is 0 Å². The van der Waals surface area contributed by atoms with E-state index in [1.54, 1.807) is 0 Å². The zero-order valence-electron chi connectivity index (χ0n) is 9.71. The summed E-state index contributed by atoms with van der Waals surface area (Å²) in [5.41, 5.74) is 2.15. The molecule has 18 heavy (non-hydrogen) atoms. The summed E-state index contributed by atoms with van der Waals surface area (Å²) in [7, 11) is 0. The maximum atomic E-state index is 6.01. The van der Waals surface area contributed by atoms with Crippen LogP contribution in [0.25, 0.3) is 0 Å². The molecule has 0 aliphatic carbocycles. The normalized spacial score (nSPS) is 10.4. The highest BCUT2D eigenvalue weighted by atomic mass is 79.9. The lowest BCUT2D eigenvalue weighted by molar-refractivity contribution is 0.474. The van der Waals surface area contributed by atoms with Gasteiger partial charge in [-0.2, -0.15) is 0 Å². The van der Waals surface area contributed by atoms with E-state index in [9.17, 15) is 0 Å². The summed E-state index contributed by atoms with van der Waals surface area (Å²) in [4.78, 5) is 0. The van der Waals surface area contributed by atoms with E-state index in [4.69, 9.17) is 16.3 Å². The molecule has 1 nitrogen and oxygen atoms in total. The number of aryl methyl sites for hydroxylation is 1. The largest absolute Gasteiger partial charge is 0.457 e. The first-order valence-electron chi connectivity index (χ1n) is 5.38. The van der Waals surface area contributed by atoms with Crippen molar-refractivity contribution in [2.75, 3.05) is 0 Å². The van der Waals surface area contributed by atoms with Gasteiger partial charge in [-0.1, -0.05) is 55.6 Å². The summed E-state index contributed by atoms with van der Waals surface area (Å²) in [6, 6.07) is 11.6. The van der Waals surface area contributed by atoms with Crippen molar-refractivity contribution >= 4 is 43.5 Å². The van der Waals surface area contributed by atoms with Gasteiger partial charge in [0.05, 0.1) is 0 Å². The molecule has 0 N–H and O–H groups in total. The van der Waals surface area contributed by atoms with Crippen LogP contribution >= 0.6 is 43.5 Å². The fourth-order valence-corrected chi connectivity index (χ4v) is 2.50. The first-order chi connectivity index (χ1) is 8.60. The van der Waals surface area contributed by atoms with E-state index in [-0.39, 0.29) is 0 Å². The number of hydrogen-bond acceptors (Lipinski definition) is 1. The average Bonchev–Trinajstić information content (AvgIpc) is 2.34. The molecule has 0 amide bonds. The molecule has 0 atom stereocenters. The Morgan fingerprint density at radius 3 is 2.61 bits per heavy atom. The van der Waals surface area contributed by atoms with Gasteiger partial charge in [-0.3, -0.25) is 0 Å². The lowest BCUT2D eigenvalue weighted by Crippen LogP contribution is -1.91. The lowest BCUT2D eigenvalue weighted by Gasteiger charge is -2.12. The molecule has 0 aliphatic heterocycles. The Bertz CT molecular complexity index is 570. The van der Waals surface area contributed by atoms with Crippen LogP contribution in [0.3, 0.4) is 0 Å². The summed E-state index contributed by atoms with van der Waals surface area (Å²) in [5.74, 6) is 1.61. The zero-order valence-corrected chi connectivity index (χ0v) is 13.6. The molecule has 0 heterocycles. The summed E-state index contributed by atoms with van der Waals surface area (Å²) in [5, 5.41) is 1.40. The standard InChI is InChI=1S/C14H11Br2ClO/c1-9-2-4-11(16)6-13(9)18-14-7-12(17)5-3-10(14)8-15/h2-7H,8H2,1H3. The van der Waals surface area contributed by atoms with Crippen LogP contribution in [-0.4, -0.2) is 0 Å². The minimum atomic E-state index is 0.669. The fraction of sp³-hybridized carbons (Fsp3) is 0.143. The van der Waals surface area contributed by atoms with Gasteiger partial charge in [-0.25, -0.2) is 0 Å². The van der Waals surface area contributed by atoms with Crippen LogP contribution in [0.1, 0.15) is 11.1 Å². The second-order valence-corrected chi connectivity index (χ2v) is 5.81. The molecule has 0 radical (unpaired) electrons. The number of hydrogen-bond donors (Lipinski definition) is 0. The van der Waals surface area contributed by atoms with Crippen LogP contribution in [0.4, 0.5) is 0 Å². The minimum Gasteiger partial charge on any atom is -0.457 e. The molecule has 94 valence electrons. The van der Waals surface area contributed by atoms with E-state index >= 15 is 0 Å². The first-order valence-corrected chi connectivity index (χ1v) is 7.68. The highest BCUT2D eigenvalue weighted by Gasteiger charge is 2.07. The number of rotatable bonds is 3. The number of halogens is 3. The molecule has 0 unspecified atom stereocenters. The third-order valence-electron chi connectivity index (χ3n) is 2.54. The van der Waals surface area contributed by atoms with E-state index in [2.05, 4.69) is 31.9 Å². The predicted octanol–water partition coefficient (Wildman–Crippen LogP) is 6.10. The predicted molar refractivity (Wildman–Crippen MR) is 83.0 cm³/mol. The van der Waals surface area contributed by atoms with Crippen molar-refractivity contribution in [1.29, 1.82) is 0 Å². The van der Waals surface area contributed by atoms with Gasteiger partial charge in [0.1, 0.15) is 11.5 Å². The van der Waals surface area contributed by atoms with Gasteiger partial charge in [0.2, 0.25) is 0 Å². The summed E-state index contributed by atoms with van der Waals surface area (Å²) in [6.45, 7) is 2.01. The summed E-state index contributed by atoms with van der Waals surface area (Å²) in [6.07, 6.45) is 0. The topological polar surface area (TPSA) is 9.23 Å². The van der Waals surface area contributed by atoms with Crippen molar-refractivity contribution < 1.29 is 4.74 Å². The lowest BCUT2D eigenvalue weighted by atomic mass is 10.2. The molecule has 2 aromatic carbocycles. The van der Waals surface area contributed by atoms with E-state index in [1.165, 1.54) is 0 Å². The highest BCUT2D eigenvalue weighted by molar-refractivity contribution is 9.10. The van der Waals surface area contributed by atoms with E-state index in [0.29, 0.717) is 5.02 Å². The minimum absolute atomic E-state index is 0.669. The Labute approximate surface area is 128 Å². The van der Waals surface area contributed by atoms with Crippen LogP contribution in [-0.2, 0) is 5.33 Å². The van der Waals surface area contributed by atoms with Gasteiger partial charge in [0, 0.05) is 20.4 Å². The third kappa shape index (κ3) is 3.28. The summed E-state index contributed by atoms with van der Waals surface area (Å²) >= 11 is 12.9. The molecule has 0 spiro atoms. The van der Waals surface area contributed by atoms with Gasteiger partial charge in [-0.15, -0.1) is 0 Å². The maximum absolute atomic E-state index is 6.01. The quantitative estimate of drug-likeness (QED) is 0.576. The monoisotopic (exact) mass is 388 g/mol. The SMILES string of the molecule is Cc1ccc(Br)cc1Oc1cc(Cl)ccc1CBr. The van der Waals surface area contributed by atoms with E-state index < -0.39 is 0 Å². The molecule has 0 aromatic heterocycles. The first kappa shape index (κ1) is 13.9. The van der Waals surface area contributed by atoms with Crippen LogP contribution in [0.5, 0.6) is 11.5 Å².